The summed E-state index contributed by atoms with van der Waals surface area (Å²) in [5.41, 5.74) is 2.14. The van der Waals surface area contributed by atoms with Gasteiger partial charge in [0.2, 0.25) is 0 Å². The molecule has 0 aliphatic carbocycles. The van der Waals surface area contributed by atoms with Gasteiger partial charge in [-0.2, -0.15) is 4.39 Å². The van der Waals surface area contributed by atoms with Crippen molar-refractivity contribution in [2.75, 3.05) is 18.5 Å². The molecule has 1 fully saturated rings. The molecule has 1 aliphatic heterocycles. The summed E-state index contributed by atoms with van der Waals surface area (Å²) in [6.45, 7) is 1.01. The highest BCUT2D eigenvalue weighted by Crippen LogP contribution is 2.19. The minimum atomic E-state index is -0.550. The fourth-order valence-corrected chi connectivity index (χ4v) is 3.20. The van der Waals surface area contributed by atoms with Crippen LogP contribution in [0.1, 0.15) is 12.0 Å². The third-order valence-corrected chi connectivity index (χ3v) is 4.81. The molecular formula is C19H16FN5O3S. The smallest absolute Gasteiger partial charge is 0.280 e. The molecule has 3 aromatic rings. The lowest BCUT2D eigenvalue weighted by Gasteiger charge is -2.10. The predicted octanol–water partition coefficient (Wildman–Crippen LogP) is 2.89. The van der Waals surface area contributed by atoms with Gasteiger partial charge in [-0.25, -0.2) is 4.98 Å². The minimum Gasteiger partial charge on any atom is -0.389 e. The number of amides is 1. The fourth-order valence-electron chi connectivity index (χ4n) is 2.66. The number of rotatable bonds is 6. The number of halogens is 1. The number of anilines is 1. The van der Waals surface area contributed by atoms with E-state index in [-0.39, 0.29) is 16.9 Å². The van der Waals surface area contributed by atoms with Crippen LogP contribution < -0.4 is 5.32 Å². The van der Waals surface area contributed by atoms with Crippen LogP contribution in [-0.2, 0) is 14.4 Å². The standard InChI is InChI=1S/C19H16FN5O3S/c20-16-10-23-19(29-16)24-18(26)17(25-28-14-5-8-27-11-14)13-3-1-12(2-4-13)15-9-21-6-7-22-15/h1-4,6-7,9-10,14H,5,8,11H2,(H,23,24,26)/b25-17+/t14-/m1/s1. The molecule has 1 aromatic carbocycles. The highest BCUT2D eigenvalue weighted by molar-refractivity contribution is 7.14. The Kier molecular flexibility index (Phi) is 5.82. The van der Waals surface area contributed by atoms with Crippen LogP contribution in [-0.4, -0.2) is 45.9 Å². The molecule has 1 N–H and O–H groups in total. The molecule has 29 heavy (non-hydrogen) atoms. The van der Waals surface area contributed by atoms with Crippen molar-refractivity contribution in [1.29, 1.82) is 0 Å². The van der Waals surface area contributed by atoms with Crippen molar-refractivity contribution in [1.82, 2.24) is 15.0 Å². The maximum Gasteiger partial charge on any atom is 0.280 e. The summed E-state index contributed by atoms with van der Waals surface area (Å²) in [7, 11) is 0. The zero-order valence-electron chi connectivity index (χ0n) is 15.1. The lowest BCUT2D eigenvalue weighted by Crippen LogP contribution is -2.25. The average Bonchev–Trinajstić information content (AvgIpc) is 3.41. The lowest BCUT2D eigenvalue weighted by atomic mass is 10.1. The average molecular weight is 413 g/mol. The monoisotopic (exact) mass is 413 g/mol. The van der Waals surface area contributed by atoms with E-state index in [9.17, 15) is 9.18 Å². The van der Waals surface area contributed by atoms with Crippen LogP contribution in [0.15, 0.2) is 54.2 Å². The molecule has 1 atom stereocenters. The van der Waals surface area contributed by atoms with Gasteiger partial charge in [-0.1, -0.05) is 40.8 Å². The fraction of sp³-hybridized carbons (Fsp3) is 0.211. The van der Waals surface area contributed by atoms with Gasteiger partial charge in [0.1, 0.15) is 0 Å². The number of hydrogen-bond donors (Lipinski definition) is 1. The van der Waals surface area contributed by atoms with Crippen LogP contribution in [0.25, 0.3) is 11.3 Å². The Hall–Kier alpha value is -3.24. The number of benzene rings is 1. The Balaban J connectivity index is 1.58. The van der Waals surface area contributed by atoms with E-state index in [2.05, 4.69) is 25.4 Å². The van der Waals surface area contributed by atoms with E-state index in [4.69, 9.17) is 9.57 Å². The molecule has 0 radical (unpaired) electrons. The molecule has 3 heterocycles. The SMILES string of the molecule is O=C(Nc1ncc(F)s1)/C(=N/O[C@@H]1CCOC1)c1ccc(-c2cnccn2)cc1. The molecular weight excluding hydrogens is 397 g/mol. The largest absolute Gasteiger partial charge is 0.389 e. The van der Waals surface area contributed by atoms with Crippen molar-refractivity contribution in [3.8, 4) is 11.3 Å². The topological polar surface area (TPSA) is 98.6 Å². The number of thiazole rings is 1. The molecule has 0 spiro atoms. The van der Waals surface area contributed by atoms with Gasteiger partial charge < -0.3 is 9.57 Å². The molecule has 0 unspecified atom stereocenters. The van der Waals surface area contributed by atoms with Crippen molar-refractivity contribution in [2.45, 2.75) is 12.5 Å². The molecule has 2 aromatic heterocycles. The van der Waals surface area contributed by atoms with Crippen molar-refractivity contribution in [3.05, 3.63) is 59.7 Å². The number of oxime groups is 1. The number of aromatic nitrogens is 3. The summed E-state index contributed by atoms with van der Waals surface area (Å²) >= 11 is 0.731. The third kappa shape index (κ3) is 4.79. The van der Waals surface area contributed by atoms with Crippen LogP contribution in [0.2, 0.25) is 0 Å². The quantitative estimate of drug-likeness (QED) is 0.493. The Bertz CT molecular complexity index is 1000. The van der Waals surface area contributed by atoms with Crippen molar-refractivity contribution in [2.24, 2.45) is 5.16 Å². The first kappa shape index (κ1) is 19.1. The second kappa shape index (κ2) is 8.84. The first-order valence-electron chi connectivity index (χ1n) is 8.80. The van der Waals surface area contributed by atoms with Gasteiger partial charge in [-0.3, -0.25) is 20.1 Å². The molecule has 148 valence electrons. The number of nitrogens with one attached hydrogen (secondary N) is 1. The highest BCUT2D eigenvalue weighted by Gasteiger charge is 2.21. The highest BCUT2D eigenvalue weighted by atomic mass is 32.1. The zero-order chi connectivity index (χ0) is 20.1. The zero-order valence-corrected chi connectivity index (χ0v) is 15.9. The van der Waals surface area contributed by atoms with Crippen molar-refractivity contribution < 1.29 is 18.8 Å². The summed E-state index contributed by atoms with van der Waals surface area (Å²) in [4.78, 5) is 30.3. The first-order valence-corrected chi connectivity index (χ1v) is 9.62. The Morgan fingerprint density at radius 3 is 2.76 bits per heavy atom. The third-order valence-electron chi connectivity index (χ3n) is 4.11. The maximum absolute atomic E-state index is 13.2. The van der Waals surface area contributed by atoms with Crippen LogP contribution in [0.5, 0.6) is 0 Å². The molecule has 4 rings (SSSR count). The van der Waals surface area contributed by atoms with E-state index in [0.29, 0.717) is 30.9 Å². The number of carbonyl (C=O) groups is 1. The molecule has 1 aliphatic rings. The molecule has 8 nitrogen and oxygen atoms in total. The van der Waals surface area contributed by atoms with E-state index in [1.54, 1.807) is 30.7 Å². The second-order valence-electron chi connectivity index (χ2n) is 6.12. The number of ether oxygens (including phenoxy) is 1. The van der Waals surface area contributed by atoms with E-state index in [1.807, 2.05) is 12.1 Å². The lowest BCUT2D eigenvalue weighted by molar-refractivity contribution is -0.110. The van der Waals surface area contributed by atoms with E-state index < -0.39 is 11.0 Å². The summed E-state index contributed by atoms with van der Waals surface area (Å²) in [5.74, 6) is -0.550. The Labute approximate surface area is 169 Å². The normalized spacial score (nSPS) is 16.6. The van der Waals surface area contributed by atoms with Gasteiger partial charge >= 0.3 is 0 Å². The van der Waals surface area contributed by atoms with Crippen LogP contribution in [0, 0.1) is 5.13 Å². The maximum atomic E-state index is 13.2. The molecule has 10 heteroatoms. The summed E-state index contributed by atoms with van der Waals surface area (Å²) in [6.07, 6.45) is 6.37. The number of hydrogen-bond acceptors (Lipinski definition) is 8. The van der Waals surface area contributed by atoms with Crippen LogP contribution >= 0.6 is 11.3 Å². The van der Waals surface area contributed by atoms with Gasteiger partial charge in [0, 0.05) is 29.9 Å². The minimum absolute atomic E-state index is 0.0539. The van der Waals surface area contributed by atoms with Gasteiger partial charge in [0.25, 0.3) is 5.91 Å². The second-order valence-corrected chi connectivity index (χ2v) is 7.10. The Morgan fingerprint density at radius 1 is 1.24 bits per heavy atom. The van der Waals surface area contributed by atoms with Crippen molar-refractivity contribution >= 4 is 28.1 Å². The molecule has 0 saturated carbocycles. The van der Waals surface area contributed by atoms with Crippen LogP contribution in [0.4, 0.5) is 9.52 Å². The molecule has 1 amide bonds. The van der Waals surface area contributed by atoms with Crippen LogP contribution in [0.3, 0.4) is 0 Å². The number of carbonyl (C=O) groups excluding carboxylic acids is 1. The van der Waals surface area contributed by atoms with Gasteiger partial charge in [0.05, 0.1) is 31.3 Å². The van der Waals surface area contributed by atoms with E-state index in [0.717, 1.165) is 23.1 Å². The summed E-state index contributed by atoms with van der Waals surface area (Å²) in [6, 6.07) is 7.09. The summed E-state index contributed by atoms with van der Waals surface area (Å²) < 4.78 is 18.4. The van der Waals surface area contributed by atoms with Gasteiger partial charge in [0.15, 0.2) is 22.1 Å². The first-order chi connectivity index (χ1) is 14.2. The molecule has 1 saturated heterocycles. The van der Waals surface area contributed by atoms with Gasteiger partial charge in [-0.05, 0) is 0 Å². The number of nitrogens with zero attached hydrogens (tertiary/aromatic N) is 4. The van der Waals surface area contributed by atoms with Crippen molar-refractivity contribution in [3.63, 3.8) is 0 Å². The molecule has 0 bridgehead atoms. The van der Waals surface area contributed by atoms with E-state index >= 15 is 0 Å². The van der Waals surface area contributed by atoms with E-state index in [1.165, 1.54) is 0 Å². The Morgan fingerprint density at radius 2 is 2.10 bits per heavy atom. The summed E-state index contributed by atoms with van der Waals surface area (Å²) in [5, 5.41) is 6.25. The predicted molar refractivity (Wildman–Crippen MR) is 105 cm³/mol. The van der Waals surface area contributed by atoms with Gasteiger partial charge in [-0.15, -0.1) is 0 Å².